The molecule has 2 aromatic carbocycles. The second-order valence-electron chi connectivity index (χ2n) is 7.38. The molecular formula is C21H24O7S2. The van der Waals surface area contributed by atoms with Crippen LogP contribution in [-0.4, -0.2) is 41.4 Å². The summed E-state index contributed by atoms with van der Waals surface area (Å²) in [4.78, 5) is 0.180. The van der Waals surface area contributed by atoms with Crippen molar-refractivity contribution in [2.45, 2.75) is 48.6 Å². The predicted octanol–water partition coefficient (Wildman–Crippen LogP) is 3.21. The van der Waals surface area contributed by atoms with Gasteiger partial charge in [-0.3, -0.25) is 4.18 Å². The first-order valence-corrected chi connectivity index (χ1v) is 12.2. The van der Waals surface area contributed by atoms with Crippen molar-refractivity contribution in [1.82, 2.24) is 0 Å². The third-order valence-electron chi connectivity index (χ3n) is 4.44. The Labute approximate surface area is 177 Å². The third kappa shape index (κ3) is 5.55. The minimum atomic E-state index is -3.99. The van der Waals surface area contributed by atoms with E-state index >= 15 is 0 Å². The maximum atomic E-state index is 12.5. The lowest BCUT2D eigenvalue weighted by Gasteiger charge is -2.16. The monoisotopic (exact) mass is 452 g/mol. The van der Waals surface area contributed by atoms with Gasteiger partial charge in [-0.05, 0) is 51.1 Å². The molecule has 3 rings (SSSR count). The summed E-state index contributed by atoms with van der Waals surface area (Å²) in [7, 11) is -7.66. The molecule has 1 saturated heterocycles. The molecule has 162 valence electrons. The van der Waals surface area contributed by atoms with Crippen LogP contribution in [0.15, 0.2) is 75.9 Å². The maximum Gasteiger partial charge on any atom is 0.297 e. The molecule has 0 amide bonds. The van der Waals surface area contributed by atoms with Crippen molar-refractivity contribution >= 4 is 20.0 Å². The lowest BCUT2D eigenvalue weighted by molar-refractivity contribution is -0.145. The van der Waals surface area contributed by atoms with Gasteiger partial charge in [0.1, 0.15) is 12.2 Å². The molecule has 0 N–H and O–H groups in total. The van der Waals surface area contributed by atoms with E-state index in [0.29, 0.717) is 0 Å². The van der Waals surface area contributed by atoms with Gasteiger partial charge in [0.2, 0.25) is 0 Å². The molecule has 1 aliphatic heterocycles. The van der Waals surface area contributed by atoms with E-state index < -0.39 is 38.0 Å². The van der Waals surface area contributed by atoms with Gasteiger partial charge in [-0.25, -0.2) is 8.42 Å². The Morgan fingerprint density at radius 3 is 2.20 bits per heavy atom. The van der Waals surface area contributed by atoms with E-state index in [2.05, 4.69) is 0 Å². The highest BCUT2D eigenvalue weighted by atomic mass is 32.2. The van der Waals surface area contributed by atoms with Crippen LogP contribution in [0.2, 0.25) is 0 Å². The highest BCUT2D eigenvalue weighted by Gasteiger charge is 2.41. The normalized spacial score (nSPS) is 21.8. The highest BCUT2D eigenvalue weighted by Crippen LogP contribution is 2.30. The van der Waals surface area contributed by atoms with Crippen molar-refractivity contribution in [2.24, 2.45) is 0 Å². The SMILES string of the molecule is Cc1ccc(S(=O)(=O)OC[C@@H]2OC(C)(C)O[C@@H]2/C=C/S(=O)(=O)c2ccccc2)cc1. The molecule has 0 saturated carbocycles. The minimum absolute atomic E-state index is 0.0324. The second-order valence-corrected chi connectivity index (χ2v) is 10.8. The van der Waals surface area contributed by atoms with Crippen molar-refractivity contribution in [3.63, 3.8) is 0 Å². The number of hydrogen-bond acceptors (Lipinski definition) is 7. The molecule has 1 fully saturated rings. The molecule has 2 atom stereocenters. The fourth-order valence-electron chi connectivity index (χ4n) is 2.95. The summed E-state index contributed by atoms with van der Waals surface area (Å²) in [6.07, 6.45) is -0.252. The summed E-state index contributed by atoms with van der Waals surface area (Å²) in [5.41, 5.74) is 0.924. The summed E-state index contributed by atoms with van der Waals surface area (Å²) < 4.78 is 66.4. The van der Waals surface area contributed by atoms with Crippen LogP contribution in [0.25, 0.3) is 0 Å². The van der Waals surface area contributed by atoms with Gasteiger partial charge in [0, 0.05) is 5.41 Å². The Hall–Kier alpha value is -2.04. The molecule has 1 heterocycles. The van der Waals surface area contributed by atoms with Crippen LogP contribution in [0.1, 0.15) is 19.4 Å². The molecule has 0 radical (unpaired) electrons. The Balaban J connectivity index is 1.74. The highest BCUT2D eigenvalue weighted by molar-refractivity contribution is 7.94. The summed E-state index contributed by atoms with van der Waals surface area (Å²) in [5, 5.41) is 1.04. The van der Waals surface area contributed by atoms with E-state index in [1.807, 2.05) is 6.92 Å². The van der Waals surface area contributed by atoms with Gasteiger partial charge in [0.25, 0.3) is 10.1 Å². The first kappa shape index (κ1) is 22.6. The van der Waals surface area contributed by atoms with E-state index in [9.17, 15) is 16.8 Å². The largest absolute Gasteiger partial charge is 0.342 e. The Bertz CT molecular complexity index is 1100. The Morgan fingerprint density at radius 2 is 1.57 bits per heavy atom. The van der Waals surface area contributed by atoms with Crippen molar-refractivity contribution in [3.8, 4) is 0 Å². The van der Waals surface area contributed by atoms with Crippen molar-refractivity contribution in [2.75, 3.05) is 6.61 Å². The predicted molar refractivity (Wildman–Crippen MR) is 111 cm³/mol. The van der Waals surface area contributed by atoms with Crippen LogP contribution in [0.5, 0.6) is 0 Å². The molecule has 1 aliphatic rings. The molecule has 0 unspecified atom stereocenters. The Morgan fingerprint density at radius 1 is 0.933 bits per heavy atom. The van der Waals surface area contributed by atoms with Gasteiger partial charge in [0.15, 0.2) is 15.6 Å². The topological polar surface area (TPSA) is 96.0 Å². The van der Waals surface area contributed by atoms with E-state index in [0.717, 1.165) is 11.0 Å². The molecule has 0 aliphatic carbocycles. The first-order chi connectivity index (χ1) is 14.0. The average molecular weight is 453 g/mol. The first-order valence-electron chi connectivity index (χ1n) is 9.29. The fourth-order valence-corrected chi connectivity index (χ4v) is 4.93. The number of ether oxygens (including phenoxy) is 2. The zero-order valence-electron chi connectivity index (χ0n) is 16.9. The van der Waals surface area contributed by atoms with E-state index in [1.165, 1.54) is 30.3 Å². The molecule has 30 heavy (non-hydrogen) atoms. The van der Waals surface area contributed by atoms with Crippen molar-refractivity contribution in [1.29, 1.82) is 0 Å². The Kier molecular flexibility index (Phi) is 6.49. The summed E-state index contributed by atoms with van der Waals surface area (Å²) in [6.45, 7) is 4.85. The average Bonchev–Trinajstić information content (AvgIpc) is 3.00. The van der Waals surface area contributed by atoms with Crippen LogP contribution in [0, 0.1) is 6.92 Å². The zero-order chi connectivity index (χ0) is 22.0. The van der Waals surface area contributed by atoms with Gasteiger partial charge >= 0.3 is 0 Å². The number of benzene rings is 2. The van der Waals surface area contributed by atoms with Crippen LogP contribution >= 0.6 is 0 Å². The van der Waals surface area contributed by atoms with E-state index in [-0.39, 0.29) is 16.4 Å². The van der Waals surface area contributed by atoms with Gasteiger partial charge in [0.05, 0.1) is 16.4 Å². The van der Waals surface area contributed by atoms with Crippen LogP contribution in [0.4, 0.5) is 0 Å². The molecular weight excluding hydrogens is 428 g/mol. The number of rotatable bonds is 7. The van der Waals surface area contributed by atoms with Crippen LogP contribution < -0.4 is 0 Å². The standard InChI is InChI=1S/C21H24O7S2/c1-16-9-11-18(12-10-16)30(24,25)26-15-20-19(27-21(2,3)28-20)13-14-29(22,23)17-7-5-4-6-8-17/h4-14,19-20H,15H2,1-3H3/b14-13+/t19-,20+/m1/s1. The van der Waals surface area contributed by atoms with Crippen LogP contribution in [0.3, 0.4) is 0 Å². The van der Waals surface area contributed by atoms with Gasteiger partial charge in [-0.15, -0.1) is 0 Å². The summed E-state index contributed by atoms with van der Waals surface area (Å²) >= 11 is 0. The number of aryl methyl sites for hydroxylation is 1. The lowest BCUT2D eigenvalue weighted by Crippen LogP contribution is -2.28. The fraction of sp³-hybridized carbons (Fsp3) is 0.333. The van der Waals surface area contributed by atoms with Gasteiger partial charge in [-0.2, -0.15) is 8.42 Å². The second kappa shape index (κ2) is 8.60. The van der Waals surface area contributed by atoms with Gasteiger partial charge < -0.3 is 9.47 Å². The molecule has 0 spiro atoms. The molecule has 0 aromatic heterocycles. The lowest BCUT2D eigenvalue weighted by atomic mass is 10.2. The summed E-state index contributed by atoms with van der Waals surface area (Å²) in [6, 6.07) is 14.2. The smallest absolute Gasteiger partial charge is 0.297 e. The molecule has 0 bridgehead atoms. The van der Waals surface area contributed by atoms with Crippen molar-refractivity contribution in [3.05, 3.63) is 71.6 Å². The summed E-state index contributed by atoms with van der Waals surface area (Å²) in [5.74, 6) is -1.02. The molecule has 2 aromatic rings. The van der Waals surface area contributed by atoms with Crippen molar-refractivity contribution < 1.29 is 30.5 Å². The van der Waals surface area contributed by atoms with E-state index in [4.69, 9.17) is 13.7 Å². The van der Waals surface area contributed by atoms with Gasteiger partial charge in [-0.1, -0.05) is 35.9 Å². The van der Waals surface area contributed by atoms with Crippen LogP contribution in [-0.2, 0) is 33.6 Å². The minimum Gasteiger partial charge on any atom is -0.342 e. The molecule has 9 heteroatoms. The quantitative estimate of drug-likeness (QED) is 0.595. The zero-order valence-corrected chi connectivity index (χ0v) is 18.5. The number of sulfone groups is 1. The third-order valence-corrected chi connectivity index (χ3v) is 7.18. The van der Waals surface area contributed by atoms with E-state index in [1.54, 1.807) is 44.2 Å². The molecule has 7 nitrogen and oxygen atoms in total. The number of hydrogen-bond donors (Lipinski definition) is 0. The maximum absolute atomic E-state index is 12.5.